The zero-order valence-corrected chi connectivity index (χ0v) is 13.2. The first-order chi connectivity index (χ1) is 9.67. The summed E-state index contributed by atoms with van der Waals surface area (Å²) in [6, 6.07) is 5.69. The minimum atomic E-state index is 0.105. The lowest BCUT2D eigenvalue weighted by atomic mass is 10.2. The molecule has 1 rings (SSSR count). The van der Waals surface area contributed by atoms with Crippen molar-refractivity contribution < 1.29 is 14.2 Å². The van der Waals surface area contributed by atoms with Gasteiger partial charge < -0.3 is 19.5 Å². The maximum atomic E-state index is 6.05. The van der Waals surface area contributed by atoms with E-state index in [1.165, 1.54) is 0 Å². The molecule has 0 heterocycles. The predicted octanol–water partition coefficient (Wildman–Crippen LogP) is 2.88. The second-order valence-electron chi connectivity index (χ2n) is 4.63. The molecule has 5 heteroatoms. The molecule has 0 radical (unpaired) electrons. The Labute approximate surface area is 126 Å². The second kappa shape index (κ2) is 10.00. The van der Waals surface area contributed by atoms with Crippen molar-refractivity contribution in [1.29, 1.82) is 0 Å². The Morgan fingerprint density at radius 3 is 2.65 bits per heavy atom. The SMILES string of the molecule is COCCNCc1cc(Cl)ccc1OC(C)CCOC. The van der Waals surface area contributed by atoms with Crippen LogP contribution in [0.5, 0.6) is 5.75 Å². The van der Waals surface area contributed by atoms with Crippen LogP contribution in [0.15, 0.2) is 18.2 Å². The third-order valence-corrected chi connectivity index (χ3v) is 3.11. The summed E-state index contributed by atoms with van der Waals surface area (Å²) >= 11 is 6.05. The van der Waals surface area contributed by atoms with Crippen molar-refractivity contribution in [3.05, 3.63) is 28.8 Å². The van der Waals surface area contributed by atoms with E-state index in [1.54, 1.807) is 14.2 Å². The molecule has 0 aromatic heterocycles. The summed E-state index contributed by atoms with van der Waals surface area (Å²) in [7, 11) is 3.38. The number of hydrogen-bond donors (Lipinski definition) is 1. The molecule has 114 valence electrons. The molecule has 0 aliphatic carbocycles. The third kappa shape index (κ3) is 6.57. The topological polar surface area (TPSA) is 39.7 Å². The van der Waals surface area contributed by atoms with Crippen LogP contribution >= 0.6 is 11.6 Å². The molecule has 1 aromatic carbocycles. The Bertz CT molecular complexity index is 387. The zero-order valence-electron chi connectivity index (χ0n) is 12.4. The fourth-order valence-corrected chi connectivity index (χ4v) is 1.95. The Kier molecular flexibility index (Phi) is 8.62. The monoisotopic (exact) mass is 301 g/mol. The van der Waals surface area contributed by atoms with E-state index >= 15 is 0 Å². The van der Waals surface area contributed by atoms with E-state index in [9.17, 15) is 0 Å². The molecule has 0 saturated heterocycles. The lowest BCUT2D eigenvalue weighted by Crippen LogP contribution is -2.20. The van der Waals surface area contributed by atoms with E-state index in [-0.39, 0.29) is 6.10 Å². The number of benzene rings is 1. The predicted molar refractivity (Wildman–Crippen MR) is 81.6 cm³/mol. The third-order valence-electron chi connectivity index (χ3n) is 2.88. The molecule has 0 aliphatic heterocycles. The summed E-state index contributed by atoms with van der Waals surface area (Å²) in [6.07, 6.45) is 0.962. The fraction of sp³-hybridized carbons (Fsp3) is 0.600. The normalized spacial score (nSPS) is 12.4. The van der Waals surface area contributed by atoms with Gasteiger partial charge in [-0.25, -0.2) is 0 Å². The van der Waals surface area contributed by atoms with Gasteiger partial charge in [-0.05, 0) is 25.1 Å². The molecule has 1 atom stereocenters. The largest absolute Gasteiger partial charge is 0.490 e. The van der Waals surface area contributed by atoms with Crippen molar-refractivity contribution in [2.75, 3.05) is 34.0 Å². The molecule has 4 nitrogen and oxygen atoms in total. The maximum absolute atomic E-state index is 6.05. The number of methoxy groups -OCH3 is 2. The highest BCUT2D eigenvalue weighted by Gasteiger charge is 2.09. The van der Waals surface area contributed by atoms with E-state index in [0.29, 0.717) is 24.8 Å². The van der Waals surface area contributed by atoms with Crippen LogP contribution in [0.25, 0.3) is 0 Å². The van der Waals surface area contributed by atoms with Crippen LogP contribution in [0.2, 0.25) is 5.02 Å². The van der Waals surface area contributed by atoms with E-state index in [2.05, 4.69) is 5.32 Å². The minimum absolute atomic E-state index is 0.105. The first-order valence-electron chi connectivity index (χ1n) is 6.81. The average Bonchev–Trinajstić information content (AvgIpc) is 2.44. The summed E-state index contributed by atoms with van der Waals surface area (Å²) in [6.45, 7) is 4.91. The van der Waals surface area contributed by atoms with Crippen LogP contribution in [0, 0.1) is 0 Å². The highest BCUT2D eigenvalue weighted by molar-refractivity contribution is 6.30. The van der Waals surface area contributed by atoms with Crippen molar-refractivity contribution in [3.63, 3.8) is 0 Å². The van der Waals surface area contributed by atoms with Crippen LogP contribution in [0.3, 0.4) is 0 Å². The first-order valence-corrected chi connectivity index (χ1v) is 7.18. The van der Waals surface area contributed by atoms with Gasteiger partial charge in [0.1, 0.15) is 5.75 Å². The molecule has 0 bridgehead atoms. The van der Waals surface area contributed by atoms with Crippen molar-refractivity contribution >= 4 is 11.6 Å². The van der Waals surface area contributed by atoms with Crippen molar-refractivity contribution in [3.8, 4) is 5.75 Å². The highest BCUT2D eigenvalue weighted by atomic mass is 35.5. The van der Waals surface area contributed by atoms with Crippen LogP contribution in [0.4, 0.5) is 0 Å². The summed E-state index contributed by atoms with van der Waals surface area (Å²) in [5.41, 5.74) is 1.05. The number of hydrogen-bond acceptors (Lipinski definition) is 4. The van der Waals surface area contributed by atoms with Crippen LogP contribution < -0.4 is 10.1 Å². The summed E-state index contributed by atoms with van der Waals surface area (Å²) < 4.78 is 16.0. The quantitative estimate of drug-likeness (QED) is 0.675. The van der Waals surface area contributed by atoms with E-state index in [1.807, 2.05) is 25.1 Å². The number of rotatable bonds is 10. The van der Waals surface area contributed by atoms with Crippen LogP contribution in [0.1, 0.15) is 18.9 Å². The van der Waals surface area contributed by atoms with Crippen LogP contribution in [-0.4, -0.2) is 40.1 Å². The van der Waals surface area contributed by atoms with Crippen molar-refractivity contribution in [2.24, 2.45) is 0 Å². The first kappa shape index (κ1) is 17.2. The van der Waals surface area contributed by atoms with Crippen LogP contribution in [-0.2, 0) is 16.0 Å². The minimum Gasteiger partial charge on any atom is -0.490 e. The van der Waals surface area contributed by atoms with E-state index < -0.39 is 0 Å². The average molecular weight is 302 g/mol. The molecule has 1 aromatic rings. The van der Waals surface area contributed by atoms with Gasteiger partial charge in [-0.2, -0.15) is 0 Å². The van der Waals surface area contributed by atoms with Gasteiger partial charge in [-0.15, -0.1) is 0 Å². The Balaban J connectivity index is 2.59. The van der Waals surface area contributed by atoms with Crippen molar-refractivity contribution in [2.45, 2.75) is 26.0 Å². The second-order valence-corrected chi connectivity index (χ2v) is 5.07. The molecule has 0 amide bonds. The van der Waals surface area contributed by atoms with E-state index in [4.69, 9.17) is 25.8 Å². The maximum Gasteiger partial charge on any atom is 0.124 e. The van der Waals surface area contributed by atoms with Gasteiger partial charge in [0.2, 0.25) is 0 Å². The number of halogens is 1. The number of nitrogens with one attached hydrogen (secondary N) is 1. The van der Waals surface area contributed by atoms with Gasteiger partial charge in [0.15, 0.2) is 0 Å². The zero-order chi connectivity index (χ0) is 14.8. The van der Waals surface area contributed by atoms with Gasteiger partial charge in [0.05, 0.1) is 12.7 Å². The lowest BCUT2D eigenvalue weighted by molar-refractivity contribution is 0.134. The van der Waals surface area contributed by atoms with Gasteiger partial charge in [-0.3, -0.25) is 0 Å². The standard InChI is InChI=1S/C15H24ClNO3/c1-12(6-8-18-2)20-15-5-4-14(16)10-13(15)11-17-7-9-19-3/h4-5,10,12,17H,6-9,11H2,1-3H3. The Morgan fingerprint density at radius 2 is 1.95 bits per heavy atom. The fourth-order valence-electron chi connectivity index (χ4n) is 1.76. The smallest absolute Gasteiger partial charge is 0.124 e. The number of ether oxygens (including phenoxy) is 3. The molecule has 20 heavy (non-hydrogen) atoms. The molecule has 1 unspecified atom stereocenters. The summed E-state index contributed by atoms with van der Waals surface area (Å²) in [5.74, 6) is 0.864. The van der Waals surface area contributed by atoms with E-state index in [0.717, 1.165) is 24.3 Å². The van der Waals surface area contributed by atoms with Crippen molar-refractivity contribution in [1.82, 2.24) is 5.32 Å². The Hall–Kier alpha value is -0.810. The van der Waals surface area contributed by atoms with Gasteiger partial charge in [0.25, 0.3) is 0 Å². The molecule has 0 saturated carbocycles. The molecular weight excluding hydrogens is 278 g/mol. The molecular formula is C15H24ClNO3. The van der Waals surface area contributed by atoms with Gasteiger partial charge in [0, 0.05) is 50.9 Å². The molecule has 0 fully saturated rings. The van der Waals surface area contributed by atoms with Gasteiger partial charge >= 0.3 is 0 Å². The highest BCUT2D eigenvalue weighted by Crippen LogP contribution is 2.24. The molecule has 1 N–H and O–H groups in total. The van der Waals surface area contributed by atoms with Gasteiger partial charge in [-0.1, -0.05) is 11.6 Å². The summed E-state index contributed by atoms with van der Waals surface area (Å²) in [4.78, 5) is 0. The lowest BCUT2D eigenvalue weighted by Gasteiger charge is -2.18. The molecule has 0 spiro atoms. The Morgan fingerprint density at radius 1 is 1.20 bits per heavy atom. The summed E-state index contributed by atoms with van der Waals surface area (Å²) in [5, 5.41) is 4.01. The molecule has 0 aliphatic rings.